The molecule has 0 N–H and O–H groups in total. The van der Waals surface area contributed by atoms with E-state index in [1.807, 2.05) is 18.7 Å². The summed E-state index contributed by atoms with van der Waals surface area (Å²) < 4.78 is 2.01. The van der Waals surface area contributed by atoms with Crippen molar-refractivity contribution in [3.05, 3.63) is 70.5 Å². The lowest BCUT2D eigenvalue weighted by Crippen LogP contribution is -2.35. The molecule has 1 aromatic heterocycles. The molecule has 0 saturated heterocycles. The van der Waals surface area contributed by atoms with Gasteiger partial charge in [0, 0.05) is 48.2 Å². The number of hydrogen-bond donors (Lipinski definition) is 0. The lowest BCUT2D eigenvalue weighted by molar-refractivity contribution is 0.0796. The Labute approximate surface area is 166 Å². The number of rotatable bonds is 5. The highest BCUT2D eigenvalue weighted by atomic mass is 16.2. The van der Waals surface area contributed by atoms with Crippen LogP contribution in [0.3, 0.4) is 0 Å². The summed E-state index contributed by atoms with van der Waals surface area (Å²) in [4.78, 5) is 17.3. The summed E-state index contributed by atoms with van der Waals surface area (Å²) in [5.41, 5.74) is 5.12. The quantitative estimate of drug-likeness (QED) is 0.806. The van der Waals surface area contributed by atoms with E-state index in [2.05, 4.69) is 54.5 Å². The molecule has 0 unspecified atom stereocenters. The molecular formula is C24H27N3O. The molecule has 0 fully saturated rings. The van der Waals surface area contributed by atoms with Gasteiger partial charge < -0.3 is 14.4 Å². The highest BCUT2D eigenvalue weighted by molar-refractivity contribution is 5.96. The number of likely N-dealkylation sites (N-methyl/N-ethyl adjacent to an activating group) is 1. The Hall–Kier alpha value is -3.01. The number of carbonyl (C=O) groups excluding carboxylic acids is 1. The van der Waals surface area contributed by atoms with Gasteiger partial charge in [-0.05, 0) is 30.9 Å². The largest absolute Gasteiger partial charge is 0.343 e. The van der Waals surface area contributed by atoms with Gasteiger partial charge in [-0.25, -0.2) is 0 Å². The minimum atomic E-state index is 0.00207. The smallest absolute Gasteiger partial charge is 0.271 e. The average molecular weight is 374 g/mol. The summed E-state index contributed by atoms with van der Waals surface area (Å²) in [5, 5.41) is 2.25. The first-order valence-corrected chi connectivity index (χ1v) is 9.83. The molecule has 0 saturated carbocycles. The highest BCUT2D eigenvalue weighted by Crippen LogP contribution is 2.30. The normalized spacial score (nSPS) is 14.6. The van der Waals surface area contributed by atoms with E-state index in [0.29, 0.717) is 12.2 Å². The zero-order chi connectivity index (χ0) is 19.8. The fourth-order valence-electron chi connectivity index (χ4n) is 4.40. The zero-order valence-corrected chi connectivity index (χ0v) is 16.7. The number of anilines is 1. The van der Waals surface area contributed by atoms with Gasteiger partial charge in [0.25, 0.3) is 5.91 Å². The van der Waals surface area contributed by atoms with Gasteiger partial charge in [0.05, 0.1) is 6.54 Å². The van der Waals surface area contributed by atoms with E-state index in [0.717, 1.165) is 47.6 Å². The van der Waals surface area contributed by atoms with Gasteiger partial charge in [0.15, 0.2) is 0 Å². The van der Waals surface area contributed by atoms with E-state index in [9.17, 15) is 4.79 Å². The average Bonchev–Trinajstić information content (AvgIpc) is 3.26. The molecule has 2 aliphatic rings. The molecule has 0 spiro atoms. The fraction of sp³-hybridized carbons (Fsp3) is 0.292. The maximum Gasteiger partial charge on any atom is 0.271 e. The van der Waals surface area contributed by atoms with Crippen LogP contribution in [-0.4, -0.2) is 35.5 Å². The summed E-state index contributed by atoms with van der Waals surface area (Å²) >= 11 is 0. The summed E-state index contributed by atoms with van der Waals surface area (Å²) in [6.07, 6.45) is 9.26. The highest BCUT2D eigenvalue weighted by Gasteiger charge is 2.25. The van der Waals surface area contributed by atoms with Crippen LogP contribution in [0.5, 0.6) is 0 Å². The van der Waals surface area contributed by atoms with Crippen molar-refractivity contribution < 1.29 is 4.79 Å². The Morgan fingerprint density at radius 1 is 1.25 bits per heavy atom. The summed E-state index contributed by atoms with van der Waals surface area (Å²) in [5.74, 6) is 0.00207. The molecule has 4 heteroatoms. The Balaban J connectivity index is 1.60. The van der Waals surface area contributed by atoms with E-state index in [-0.39, 0.29) is 5.91 Å². The second-order valence-electron chi connectivity index (χ2n) is 7.57. The molecule has 144 valence electrons. The van der Waals surface area contributed by atoms with Crippen molar-refractivity contribution >= 4 is 29.8 Å². The first-order chi connectivity index (χ1) is 13.5. The lowest BCUT2D eigenvalue weighted by atomic mass is 10.1. The van der Waals surface area contributed by atoms with Gasteiger partial charge >= 0.3 is 0 Å². The molecule has 1 aliphatic carbocycles. The van der Waals surface area contributed by atoms with Crippen molar-refractivity contribution in [1.29, 1.82) is 0 Å². The van der Waals surface area contributed by atoms with Gasteiger partial charge in [-0.2, -0.15) is 0 Å². The van der Waals surface area contributed by atoms with Crippen LogP contribution < -0.4 is 15.5 Å². The number of benzene rings is 1. The molecule has 1 aliphatic heterocycles. The third kappa shape index (κ3) is 2.89. The molecule has 0 bridgehead atoms. The first-order valence-electron chi connectivity index (χ1n) is 9.83. The molecule has 1 aromatic carbocycles. The van der Waals surface area contributed by atoms with Crippen LogP contribution in [-0.2, 0) is 13.5 Å². The van der Waals surface area contributed by atoms with Crippen molar-refractivity contribution in [2.75, 3.05) is 25.0 Å². The second kappa shape index (κ2) is 7.19. The topological polar surface area (TPSA) is 28.5 Å². The van der Waals surface area contributed by atoms with E-state index < -0.39 is 0 Å². The van der Waals surface area contributed by atoms with Gasteiger partial charge in [0.2, 0.25) is 0 Å². The van der Waals surface area contributed by atoms with Crippen molar-refractivity contribution in [3.8, 4) is 0 Å². The third-order valence-electron chi connectivity index (χ3n) is 5.81. The zero-order valence-electron chi connectivity index (χ0n) is 16.7. The van der Waals surface area contributed by atoms with Crippen LogP contribution in [0, 0.1) is 0 Å². The van der Waals surface area contributed by atoms with Crippen LogP contribution in [0.1, 0.15) is 34.5 Å². The Bertz CT molecular complexity index is 1090. The predicted molar refractivity (Wildman–Crippen MR) is 117 cm³/mol. The Kier molecular flexibility index (Phi) is 4.71. The fourth-order valence-corrected chi connectivity index (χ4v) is 4.40. The SMILES string of the molecule is C=Cc1c(C(=O)N(C)CC(=C)N2CCc3ccccc32)n(C)c2c1=CCCC=2. The molecular weight excluding hydrogens is 346 g/mol. The third-order valence-corrected chi connectivity index (χ3v) is 5.81. The van der Waals surface area contributed by atoms with Crippen LogP contribution in [0.2, 0.25) is 0 Å². The number of fused-ring (bicyclic) bond motifs is 2. The first kappa shape index (κ1) is 18.4. The summed E-state index contributed by atoms with van der Waals surface area (Å²) in [7, 11) is 3.82. The van der Waals surface area contributed by atoms with Crippen LogP contribution >= 0.6 is 0 Å². The van der Waals surface area contributed by atoms with E-state index in [4.69, 9.17) is 0 Å². The van der Waals surface area contributed by atoms with Gasteiger partial charge in [0.1, 0.15) is 5.69 Å². The molecule has 2 aromatic rings. The minimum absolute atomic E-state index is 0.00207. The number of para-hydroxylation sites is 1. The van der Waals surface area contributed by atoms with Crippen LogP contribution in [0.25, 0.3) is 18.2 Å². The molecule has 4 rings (SSSR count). The van der Waals surface area contributed by atoms with E-state index >= 15 is 0 Å². The standard InChI is InChI=1S/C24H27N3O/c1-5-19-20-11-7-9-13-22(20)26(4)23(19)24(28)25(3)16-17(2)27-15-14-18-10-6-8-12-21(18)27/h5-6,8,10-13H,1-2,7,9,14-16H2,3-4H3. The number of aromatic nitrogens is 1. The lowest BCUT2D eigenvalue weighted by Gasteiger charge is -2.26. The number of hydrogen-bond acceptors (Lipinski definition) is 2. The van der Waals surface area contributed by atoms with Crippen molar-refractivity contribution in [3.63, 3.8) is 0 Å². The van der Waals surface area contributed by atoms with Crippen molar-refractivity contribution in [2.45, 2.75) is 19.3 Å². The van der Waals surface area contributed by atoms with Crippen molar-refractivity contribution in [2.24, 2.45) is 7.05 Å². The Morgan fingerprint density at radius 2 is 2.00 bits per heavy atom. The summed E-state index contributed by atoms with van der Waals surface area (Å²) in [6, 6.07) is 8.41. The van der Waals surface area contributed by atoms with E-state index in [1.165, 1.54) is 11.3 Å². The molecule has 1 amide bonds. The predicted octanol–water partition coefficient (Wildman–Crippen LogP) is 2.67. The number of amides is 1. The molecule has 4 nitrogen and oxygen atoms in total. The molecule has 2 heterocycles. The van der Waals surface area contributed by atoms with E-state index in [1.54, 1.807) is 11.0 Å². The summed E-state index contributed by atoms with van der Waals surface area (Å²) in [6.45, 7) is 9.64. The molecule has 0 radical (unpaired) electrons. The van der Waals surface area contributed by atoms with Gasteiger partial charge in [-0.3, -0.25) is 4.79 Å². The maximum atomic E-state index is 13.3. The number of nitrogens with zero attached hydrogens (tertiary/aromatic N) is 3. The van der Waals surface area contributed by atoms with Gasteiger partial charge in [-0.1, -0.05) is 49.6 Å². The second-order valence-corrected chi connectivity index (χ2v) is 7.57. The van der Waals surface area contributed by atoms with Crippen molar-refractivity contribution in [1.82, 2.24) is 9.47 Å². The molecule has 0 atom stereocenters. The maximum absolute atomic E-state index is 13.3. The van der Waals surface area contributed by atoms with Gasteiger partial charge in [-0.15, -0.1) is 0 Å². The number of carbonyl (C=O) groups is 1. The van der Waals surface area contributed by atoms with Crippen LogP contribution in [0.15, 0.2) is 43.1 Å². The van der Waals surface area contributed by atoms with Crippen LogP contribution in [0.4, 0.5) is 5.69 Å². The Morgan fingerprint density at radius 3 is 2.79 bits per heavy atom. The molecule has 28 heavy (non-hydrogen) atoms. The minimum Gasteiger partial charge on any atom is -0.343 e. The monoisotopic (exact) mass is 373 g/mol.